The van der Waals surface area contributed by atoms with Gasteiger partial charge in [0.15, 0.2) is 5.78 Å². The van der Waals surface area contributed by atoms with Crippen LogP contribution in [0.1, 0.15) is 17.3 Å². The van der Waals surface area contributed by atoms with Crippen LogP contribution in [-0.2, 0) is 0 Å². The van der Waals surface area contributed by atoms with E-state index in [1.165, 1.54) is 0 Å². The Morgan fingerprint density at radius 3 is 2.58 bits per heavy atom. The molecule has 0 amide bonds. The fourth-order valence-electron chi connectivity index (χ4n) is 0.906. The highest BCUT2D eigenvalue weighted by molar-refractivity contribution is 9.10. The van der Waals surface area contributed by atoms with E-state index in [9.17, 15) is 4.79 Å². The summed E-state index contributed by atoms with van der Waals surface area (Å²) in [5, 5.41) is 0. The Hall–Kier alpha value is -0.670. The van der Waals surface area contributed by atoms with Crippen LogP contribution in [0.4, 0.5) is 0 Å². The van der Waals surface area contributed by atoms with Crippen LogP contribution in [0.25, 0.3) is 0 Å². The minimum atomic E-state index is -0.441. The van der Waals surface area contributed by atoms with E-state index in [2.05, 4.69) is 15.9 Å². The summed E-state index contributed by atoms with van der Waals surface area (Å²) in [4.78, 5) is 11.4. The second-order valence-electron chi connectivity index (χ2n) is 2.63. The molecule has 64 valence electrons. The Balaban J connectivity index is 3.03. The van der Waals surface area contributed by atoms with Crippen molar-refractivity contribution in [3.8, 4) is 0 Å². The van der Waals surface area contributed by atoms with Crippen molar-refractivity contribution >= 4 is 21.7 Å². The van der Waals surface area contributed by atoms with Gasteiger partial charge in [0, 0.05) is 10.0 Å². The van der Waals surface area contributed by atoms with Crippen molar-refractivity contribution < 1.29 is 4.79 Å². The van der Waals surface area contributed by atoms with Crippen LogP contribution in [0.15, 0.2) is 28.7 Å². The molecule has 12 heavy (non-hydrogen) atoms. The van der Waals surface area contributed by atoms with E-state index in [1.54, 1.807) is 13.0 Å². The number of halogens is 1. The number of Topliss-reactive ketones (excluding diaryl/α,β-unsaturated/α-hetero) is 1. The zero-order chi connectivity index (χ0) is 9.14. The second kappa shape index (κ2) is 3.83. The zero-order valence-electron chi connectivity index (χ0n) is 6.75. The van der Waals surface area contributed by atoms with E-state index in [1.807, 2.05) is 18.2 Å². The lowest BCUT2D eigenvalue weighted by Crippen LogP contribution is -2.26. The lowest BCUT2D eigenvalue weighted by molar-refractivity contribution is 0.0967. The van der Waals surface area contributed by atoms with Gasteiger partial charge >= 0.3 is 0 Å². The molecule has 0 bridgehead atoms. The number of benzene rings is 1. The summed E-state index contributed by atoms with van der Waals surface area (Å²) in [7, 11) is 0. The van der Waals surface area contributed by atoms with Crippen LogP contribution in [0.5, 0.6) is 0 Å². The fourth-order valence-corrected chi connectivity index (χ4v) is 1.39. The highest BCUT2D eigenvalue weighted by atomic mass is 79.9. The minimum Gasteiger partial charge on any atom is -0.321 e. The van der Waals surface area contributed by atoms with Crippen molar-refractivity contribution in [2.24, 2.45) is 5.73 Å². The molecule has 0 saturated heterocycles. The molecule has 0 aliphatic rings. The third kappa shape index (κ3) is 1.93. The van der Waals surface area contributed by atoms with Crippen molar-refractivity contribution in [2.75, 3.05) is 0 Å². The van der Waals surface area contributed by atoms with Crippen LogP contribution in [0.2, 0.25) is 0 Å². The molecule has 0 heterocycles. The van der Waals surface area contributed by atoms with E-state index in [0.717, 1.165) is 4.47 Å². The summed E-state index contributed by atoms with van der Waals surface area (Å²) in [6.45, 7) is 1.68. The Morgan fingerprint density at radius 2 is 2.08 bits per heavy atom. The van der Waals surface area contributed by atoms with Gasteiger partial charge in [0.1, 0.15) is 0 Å². The zero-order valence-corrected chi connectivity index (χ0v) is 8.34. The molecule has 0 aliphatic carbocycles. The number of rotatable bonds is 2. The highest BCUT2D eigenvalue weighted by Gasteiger charge is 2.12. The van der Waals surface area contributed by atoms with Crippen molar-refractivity contribution in [2.45, 2.75) is 13.0 Å². The maximum atomic E-state index is 11.4. The van der Waals surface area contributed by atoms with Gasteiger partial charge in [-0.2, -0.15) is 0 Å². The molecular formula is C9H10BrNO. The molecule has 2 nitrogen and oxygen atoms in total. The van der Waals surface area contributed by atoms with Crippen LogP contribution >= 0.6 is 15.9 Å². The summed E-state index contributed by atoms with van der Waals surface area (Å²) in [5.41, 5.74) is 6.11. The normalized spacial score (nSPS) is 12.6. The molecule has 1 aromatic carbocycles. The van der Waals surface area contributed by atoms with Gasteiger partial charge in [0.25, 0.3) is 0 Å². The Bertz CT molecular complexity index is 296. The number of nitrogens with two attached hydrogens (primary N) is 1. The maximum absolute atomic E-state index is 11.4. The molecule has 0 aliphatic heterocycles. The Labute approximate surface area is 79.9 Å². The first kappa shape index (κ1) is 9.42. The van der Waals surface area contributed by atoms with Crippen LogP contribution < -0.4 is 5.73 Å². The van der Waals surface area contributed by atoms with Crippen molar-refractivity contribution in [1.29, 1.82) is 0 Å². The van der Waals surface area contributed by atoms with E-state index < -0.39 is 6.04 Å². The van der Waals surface area contributed by atoms with E-state index in [4.69, 9.17) is 5.73 Å². The van der Waals surface area contributed by atoms with Gasteiger partial charge in [-0.1, -0.05) is 34.1 Å². The number of hydrogen-bond donors (Lipinski definition) is 1. The van der Waals surface area contributed by atoms with Crippen LogP contribution in [-0.4, -0.2) is 11.8 Å². The van der Waals surface area contributed by atoms with Crippen LogP contribution in [0, 0.1) is 0 Å². The maximum Gasteiger partial charge on any atom is 0.180 e. The summed E-state index contributed by atoms with van der Waals surface area (Å²) in [6.07, 6.45) is 0. The molecule has 1 rings (SSSR count). The van der Waals surface area contributed by atoms with E-state index >= 15 is 0 Å². The van der Waals surface area contributed by atoms with Gasteiger partial charge in [-0.25, -0.2) is 0 Å². The second-order valence-corrected chi connectivity index (χ2v) is 3.49. The molecule has 2 N–H and O–H groups in total. The van der Waals surface area contributed by atoms with E-state index in [-0.39, 0.29) is 5.78 Å². The topological polar surface area (TPSA) is 43.1 Å². The quantitative estimate of drug-likeness (QED) is 0.786. The third-order valence-electron chi connectivity index (χ3n) is 1.55. The summed E-state index contributed by atoms with van der Waals surface area (Å²) in [5.74, 6) is -0.0394. The molecule has 0 saturated carbocycles. The number of ketones is 1. The Kier molecular flexibility index (Phi) is 3.00. The van der Waals surface area contributed by atoms with Gasteiger partial charge in [-0.05, 0) is 13.0 Å². The Morgan fingerprint density at radius 1 is 1.50 bits per heavy atom. The predicted octanol–water partition coefficient (Wildman–Crippen LogP) is 1.98. The summed E-state index contributed by atoms with van der Waals surface area (Å²) < 4.78 is 0.798. The van der Waals surface area contributed by atoms with Gasteiger partial charge in [-0.15, -0.1) is 0 Å². The summed E-state index contributed by atoms with van der Waals surface area (Å²) >= 11 is 3.29. The number of carbonyl (C=O) groups excluding carboxylic acids is 1. The van der Waals surface area contributed by atoms with E-state index in [0.29, 0.717) is 5.56 Å². The lowest BCUT2D eigenvalue weighted by atomic mass is 10.1. The van der Waals surface area contributed by atoms with Crippen molar-refractivity contribution in [3.05, 3.63) is 34.3 Å². The molecule has 0 aromatic heterocycles. The van der Waals surface area contributed by atoms with Gasteiger partial charge < -0.3 is 5.73 Å². The lowest BCUT2D eigenvalue weighted by Gasteiger charge is -2.05. The molecule has 0 spiro atoms. The van der Waals surface area contributed by atoms with Gasteiger partial charge in [0.2, 0.25) is 0 Å². The smallest absolute Gasteiger partial charge is 0.180 e. The fraction of sp³-hybridized carbons (Fsp3) is 0.222. The minimum absolute atomic E-state index is 0.0394. The average molecular weight is 228 g/mol. The molecule has 1 atom stereocenters. The highest BCUT2D eigenvalue weighted by Crippen LogP contribution is 2.16. The molecule has 3 heteroatoms. The third-order valence-corrected chi connectivity index (χ3v) is 2.24. The SMILES string of the molecule is C[C@H](N)C(=O)c1ccccc1Br. The predicted molar refractivity (Wildman–Crippen MR) is 52.1 cm³/mol. The number of hydrogen-bond acceptors (Lipinski definition) is 2. The molecule has 0 unspecified atom stereocenters. The van der Waals surface area contributed by atoms with Crippen molar-refractivity contribution in [3.63, 3.8) is 0 Å². The summed E-state index contributed by atoms with van der Waals surface area (Å²) in [6, 6.07) is 6.83. The molecule has 0 radical (unpaired) electrons. The first-order valence-electron chi connectivity index (χ1n) is 3.67. The monoisotopic (exact) mass is 227 g/mol. The molecule has 0 fully saturated rings. The first-order valence-corrected chi connectivity index (χ1v) is 4.46. The average Bonchev–Trinajstić information content (AvgIpc) is 2.04. The molecular weight excluding hydrogens is 218 g/mol. The largest absolute Gasteiger partial charge is 0.321 e. The molecule has 1 aromatic rings. The van der Waals surface area contributed by atoms with Crippen LogP contribution in [0.3, 0.4) is 0 Å². The standard InChI is InChI=1S/C9H10BrNO/c1-6(11)9(12)7-4-2-3-5-8(7)10/h2-6H,11H2,1H3/t6-/m0/s1. The van der Waals surface area contributed by atoms with Crippen molar-refractivity contribution in [1.82, 2.24) is 0 Å². The van der Waals surface area contributed by atoms with Gasteiger partial charge in [0.05, 0.1) is 6.04 Å². The number of carbonyl (C=O) groups is 1. The van der Waals surface area contributed by atoms with Gasteiger partial charge in [-0.3, -0.25) is 4.79 Å². The first-order chi connectivity index (χ1) is 5.63.